The van der Waals surface area contributed by atoms with Crippen molar-refractivity contribution >= 4 is 17.3 Å². The summed E-state index contributed by atoms with van der Waals surface area (Å²) in [6.45, 7) is 2.76. The molecule has 0 unspecified atom stereocenters. The summed E-state index contributed by atoms with van der Waals surface area (Å²) in [4.78, 5) is 11.6. The predicted molar refractivity (Wildman–Crippen MR) is 80.7 cm³/mol. The molecule has 104 valence electrons. The average Bonchev–Trinajstić information content (AvgIpc) is 2.47. The number of anilines is 2. The van der Waals surface area contributed by atoms with Crippen molar-refractivity contribution in [2.24, 2.45) is 0 Å². The Morgan fingerprint density at radius 2 is 2.00 bits per heavy atom. The van der Waals surface area contributed by atoms with E-state index in [1.807, 2.05) is 18.2 Å². The monoisotopic (exact) mass is 270 g/mol. The third-order valence-electron chi connectivity index (χ3n) is 3.20. The minimum absolute atomic E-state index is 0.377. The molecule has 0 fully saturated rings. The van der Waals surface area contributed by atoms with E-state index >= 15 is 0 Å². The molecule has 3 N–H and O–H groups in total. The maximum absolute atomic E-state index is 11.6. The van der Waals surface area contributed by atoms with Gasteiger partial charge in [0.25, 0.3) is 0 Å². The number of nitrogen functional groups attached to an aromatic ring is 1. The van der Waals surface area contributed by atoms with Crippen LogP contribution in [0.25, 0.3) is 0 Å². The zero-order valence-corrected chi connectivity index (χ0v) is 11.6. The number of carbonyl (C=O) groups excluding carboxylic acids is 1. The molecule has 20 heavy (non-hydrogen) atoms. The van der Waals surface area contributed by atoms with E-state index < -0.39 is 5.97 Å². The summed E-state index contributed by atoms with van der Waals surface area (Å²) in [5, 5.41) is 3.29. The highest BCUT2D eigenvalue weighted by atomic mass is 16.5. The Labute approximate surface area is 118 Å². The van der Waals surface area contributed by atoms with Crippen molar-refractivity contribution in [1.82, 2.24) is 0 Å². The van der Waals surface area contributed by atoms with E-state index in [4.69, 9.17) is 10.5 Å². The first-order valence-corrected chi connectivity index (χ1v) is 6.38. The van der Waals surface area contributed by atoms with Crippen LogP contribution in [-0.4, -0.2) is 13.1 Å². The van der Waals surface area contributed by atoms with Crippen molar-refractivity contribution in [2.75, 3.05) is 18.2 Å². The number of benzene rings is 2. The quantitative estimate of drug-likeness (QED) is 0.662. The number of hydrogen-bond acceptors (Lipinski definition) is 4. The molecular formula is C16H18N2O2. The Bertz CT molecular complexity index is 624. The van der Waals surface area contributed by atoms with Crippen molar-refractivity contribution in [3.05, 3.63) is 59.2 Å². The lowest BCUT2D eigenvalue weighted by Gasteiger charge is -2.11. The number of aryl methyl sites for hydroxylation is 1. The smallest absolute Gasteiger partial charge is 0.340 e. The van der Waals surface area contributed by atoms with Crippen LogP contribution in [0.15, 0.2) is 42.5 Å². The van der Waals surface area contributed by atoms with Gasteiger partial charge in [0.2, 0.25) is 0 Å². The lowest BCUT2D eigenvalue weighted by Crippen LogP contribution is -2.07. The first-order chi connectivity index (χ1) is 9.61. The topological polar surface area (TPSA) is 64.3 Å². The van der Waals surface area contributed by atoms with Gasteiger partial charge >= 0.3 is 5.97 Å². The summed E-state index contributed by atoms with van der Waals surface area (Å²) in [6.07, 6.45) is 0. The van der Waals surface area contributed by atoms with Gasteiger partial charge in [-0.05, 0) is 36.2 Å². The van der Waals surface area contributed by atoms with Crippen LogP contribution in [0.1, 0.15) is 21.5 Å². The Hall–Kier alpha value is -2.49. The van der Waals surface area contributed by atoms with Crippen LogP contribution in [0.2, 0.25) is 0 Å². The van der Waals surface area contributed by atoms with Gasteiger partial charge in [0, 0.05) is 17.9 Å². The predicted octanol–water partition coefficient (Wildman–Crippen LogP) is 2.98. The number of rotatable bonds is 4. The fourth-order valence-electron chi connectivity index (χ4n) is 1.96. The van der Waals surface area contributed by atoms with Crippen molar-refractivity contribution < 1.29 is 9.53 Å². The third-order valence-corrected chi connectivity index (χ3v) is 3.20. The van der Waals surface area contributed by atoms with Gasteiger partial charge in [-0.25, -0.2) is 4.79 Å². The molecule has 0 bridgehead atoms. The molecule has 4 nitrogen and oxygen atoms in total. The van der Waals surface area contributed by atoms with E-state index in [0.717, 1.165) is 5.69 Å². The van der Waals surface area contributed by atoms with Gasteiger partial charge in [0.15, 0.2) is 0 Å². The second-order valence-corrected chi connectivity index (χ2v) is 4.57. The summed E-state index contributed by atoms with van der Waals surface area (Å²) in [6, 6.07) is 13.4. The Kier molecular flexibility index (Phi) is 4.25. The fraction of sp³-hybridized carbons (Fsp3) is 0.188. The number of esters is 1. The molecule has 2 rings (SSSR count). The van der Waals surface area contributed by atoms with Crippen molar-refractivity contribution in [2.45, 2.75) is 13.5 Å². The van der Waals surface area contributed by atoms with Crippen LogP contribution < -0.4 is 11.1 Å². The van der Waals surface area contributed by atoms with Gasteiger partial charge in [-0.15, -0.1) is 0 Å². The van der Waals surface area contributed by atoms with E-state index in [2.05, 4.69) is 24.4 Å². The van der Waals surface area contributed by atoms with E-state index in [0.29, 0.717) is 17.8 Å². The minimum Gasteiger partial charge on any atom is -0.465 e. The van der Waals surface area contributed by atoms with Crippen LogP contribution >= 0.6 is 0 Å². The summed E-state index contributed by atoms with van der Waals surface area (Å²) < 4.78 is 4.71. The number of nitrogens with two attached hydrogens (primary N) is 1. The fourth-order valence-corrected chi connectivity index (χ4v) is 1.96. The summed E-state index contributed by atoms with van der Waals surface area (Å²) >= 11 is 0. The van der Waals surface area contributed by atoms with Gasteiger partial charge in [0.1, 0.15) is 0 Å². The van der Waals surface area contributed by atoms with Crippen molar-refractivity contribution in [3.63, 3.8) is 0 Å². The van der Waals surface area contributed by atoms with Crippen LogP contribution in [-0.2, 0) is 11.3 Å². The molecule has 0 aliphatic rings. The molecule has 0 aliphatic carbocycles. The standard InChI is InChI=1S/C16H18N2O2/c1-11-5-3-4-6-12(11)10-18-13-7-8-15(17)14(9-13)16(19)20-2/h3-9,18H,10,17H2,1-2H3. The first kappa shape index (κ1) is 13.9. The zero-order chi connectivity index (χ0) is 14.5. The van der Waals surface area contributed by atoms with E-state index in [1.165, 1.54) is 18.2 Å². The van der Waals surface area contributed by atoms with E-state index in [-0.39, 0.29) is 0 Å². The maximum atomic E-state index is 11.6. The summed E-state index contributed by atoms with van der Waals surface area (Å²) in [5.41, 5.74) is 9.83. The van der Waals surface area contributed by atoms with Crippen LogP contribution in [0.4, 0.5) is 11.4 Å². The highest BCUT2D eigenvalue weighted by Gasteiger charge is 2.10. The Morgan fingerprint density at radius 1 is 1.25 bits per heavy atom. The largest absolute Gasteiger partial charge is 0.465 e. The molecule has 0 spiro atoms. The molecule has 2 aromatic carbocycles. The molecule has 0 radical (unpaired) electrons. The highest BCUT2D eigenvalue weighted by Crippen LogP contribution is 2.19. The highest BCUT2D eigenvalue weighted by molar-refractivity contribution is 5.96. The molecule has 0 atom stereocenters. The molecule has 0 saturated heterocycles. The third kappa shape index (κ3) is 3.09. The average molecular weight is 270 g/mol. The summed E-state index contributed by atoms with van der Waals surface area (Å²) in [5.74, 6) is -0.429. The van der Waals surface area contributed by atoms with E-state index in [9.17, 15) is 4.79 Å². The minimum atomic E-state index is -0.429. The second-order valence-electron chi connectivity index (χ2n) is 4.57. The van der Waals surface area contributed by atoms with Gasteiger partial charge < -0.3 is 15.8 Å². The number of nitrogens with one attached hydrogen (secondary N) is 1. The van der Waals surface area contributed by atoms with Crippen molar-refractivity contribution in [1.29, 1.82) is 0 Å². The maximum Gasteiger partial charge on any atom is 0.340 e. The number of hydrogen-bond donors (Lipinski definition) is 2. The lowest BCUT2D eigenvalue weighted by molar-refractivity contribution is 0.0602. The molecule has 4 heteroatoms. The van der Waals surface area contributed by atoms with Gasteiger partial charge in [-0.2, -0.15) is 0 Å². The lowest BCUT2D eigenvalue weighted by atomic mass is 10.1. The SMILES string of the molecule is COC(=O)c1cc(NCc2ccccc2C)ccc1N. The van der Waals surface area contributed by atoms with Gasteiger partial charge in [-0.1, -0.05) is 24.3 Å². The molecule has 0 aromatic heterocycles. The molecule has 2 aromatic rings. The summed E-state index contributed by atoms with van der Waals surface area (Å²) in [7, 11) is 1.34. The first-order valence-electron chi connectivity index (χ1n) is 6.38. The molecular weight excluding hydrogens is 252 g/mol. The molecule has 0 saturated carbocycles. The Balaban J connectivity index is 2.14. The van der Waals surface area contributed by atoms with E-state index in [1.54, 1.807) is 12.1 Å². The zero-order valence-electron chi connectivity index (χ0n) is 11.6. The number of ether oxygens (including phenoxy) is 1. The van der Waals surface area contributed by atoms with Crippen molar-refractivity contribution in [3.8, 4) is 0 Å². The van der Waals surface area contributed by atoms with Crippen LogP contribution in [0.5, 0.6) is 0 Å². The van der Waals surface area contributed by atoms with Crippen LogP contribution in [0, 0.1) is 6.92 Å². The van der Waals surface area contributed by atoms with Crippen LogP contribution in [0.3, 0.4) is 0 Å². The Morgan fingerprint density at radius 3 is 2.70 bits per heavy atom. The van der Waals surface area contributed by atoms with Gasteiger partial charge in [0.05, 0.1) is 12.7 Å². The van der Waals surface area contributed by atoms with Gasteiger partial charge in [-0.3, -0.25) is 0 Å². The normalized spacial score (nSPS) is 10.1. The molecule has 0 amide bonds. The second kappa shape index (κ2) is 6.10. The number of carbonyl (C=O) groups is 1. The molecule has 0 heterocycles. The number of methoxy groups -OCH3 is 1. The molecule has 0 aliphatic heterocycles.